The van der Waals surface area contributed by atoms with E-state index < -0.39 is 0 Å². The number of amides is 1. The fourth-order valence-electron chi connectivity index (χ4n) is 2.20. The number of carbonyl (C=O) groups is 1. The van der Waals surface area contributed by atoms with Gasteiger partial charge in [0.25, 0.3) is 5.91 Å². The first-order valence-corrected chi connectivity index (χ1v) is 9.49. The minimum atomic E-state index is -0.248. The monoisotopic (exact) mass is 327 g/mol. The molecule has 5 nitrogen and oxygen atoms in total. The van der Waals surface area contributed by atoms with E-state index in [4.69, 9.17) is 10.2 Å². The quantitative estimate of drug-likeness (QED) is 0.651. The van der Waals surface area contributed by atoms with Gasteiger partial charge in [0.2, 0.25) is 5.89 Å². The summed E-state index contributed by atoms with van der Waals surface area (Å²) in [6, 6.07) is -0.248. The number of nitrogens with one attached hydrogen (secondary N) is 1. The van der Waals surface area contributed by atoms with Crippen molar-refractivity contribution in [2.75, 3.05) is 18.6 Å². The highest BCUT2D eigenvalue weighted by molar-refractivity contribution is 7.98. The molecule has 1 aromatic rings. The van der Waals surface area contributed by atoms with Crippen molar-refractivity contribution in [3.8, 4) is 0 Å². The van der Waals surface area contributed by atoms with Gasteiger partial charge in [-0.15, -0.1) is 0 Å². The molecule has 22 heavy (non-hydrogen) atoms. The van der Waals surface area contributed by atoms with Crippen LogP contribution in [-0.4, -0.2) is 29.4 Å². The van der Waals surface area contributed by atoms with E-state index in [1.165, 1.54) is 19.1 Å². The normalized spacial score (nSPS) is 13.8. The number of nitrogens with two attached hydrogens (primary N) is 1. The summed E-state index contributed by atoms with van der Waals surface area (Å²) in [4.78, 5) is 16.3. The van der Waals surface area contributed by atoms with Gasteiger partial charge in [-0.25, -0.2) is 4.98 Å². The molecule has 0 aliphatic carbocycles. The van der Waals surface area contributed by atoms with Crippen LogP contribution >= 0.6 is 11.8 Å². The standard InChI is InChI=1S/C16H29N3O2S/c1-4-6-7-12(5-2)10-18-15(20)14-11-21-16(19-14)13(17)8-9-22-3/h11-13H,4-10,17H2,1-3H3,(H,18,20). The second-order valence-electron chi connectivity index (χ2n) is 5.59. The summed E-state index contributed by atoms with van der Waals surface area (Å²) in [6.45, 7) is 5.03. The third-order valence-corrected chi connectivity index (χ3v) is 4.44. The number of nitrogens with zero attached hydrogens (tertiary/aromatic N) is 1. The summed E-state index contributed by atoms with van der Waals surface area (Å²) in [6.07, 6.45) is 8.83. The van der Waals surface area contributed by atoms with Crippen LogP contribution < -0.4 is 11.1 Å². The van der Waals surface area contributed by atoms with Crippen LogP contribution in [0.3, 0.4) is 0 Å². The first-order chi connectivity index (χ1) is 10.6. The minimum absolute atomic E-state index is 0.179. The molecule has 2 unspecified atom stereocenters. The second-order valence-corrected chi connectivity index (χ2v) is 6.57. The topological polar surface area (TPSA) is 81.2 Å². The molecule has 0 spiro atoms. The lowest BCUT2D eigenvalue weighted by Gasteiger charge is -2.14. The highest BCUT2D eigenvalue weighted by atomic mass is 32.2. The maximum absolute atomic E-state index is 12.1. The van der Waals surface area contributed by atoms with Crippen molar-refractivity contribution < 1.29 is 9.21 Å². The van der Waals surface area contributed by atoms with Crippen LogP contribution in [0.1, 0.15) is 68.4 Å². The molecule has 1 rings (SSSR count). The Hall–Kier alpha value is -1.01. The Labute approximate surface area is 137 Å². The second kappa shape index (κ2) is 10.7. The Bertz CT molecular complexity index is 437. The zero-order valence-electron chi connectivity index (χ0n) is 13.9. The predicted molar refractivity (Wildman–Crippen MR) is 92.1 cm³/mol. The van der Waals surface area contributed by atoms with Gasteiger partial charge in [-0.2, -0.15) is 11.8 Å². The third-order valence-electron chi connectivity index (χ3n) is 3.80. The van der Waals surface area contributed by atoms with Gasteiger partial charge in [-0.1, -0.05) is 33.1 Å². The molecule has 0 bridgehead atoms. The van der Waals surface area contributed by atoms with Crippen LogP contribution in [0.4, 0.5) is 0 Å². The van der Waals surface area contributed by atoms with Gasteiger partial charge in [-0.3, -0.25) is 4.79 Å². The zero-order valence-corrected chi connectivity index (χ0v) is 14.7. The van der Waals surface area contributed by atoms with Crippen molar-refractivity contribution in [2.24, 2.45) is 11.7 Å². The summed E-state index contributed by atoms with van der Waals surface area (Å²) in [5, 5.41) is 2.95. The molecular formula is C16H29N3O2S. The molecule has 126 valence electrons. The maximum Gasteiger partial charge on any atom is 0.273 e. The Morgan fingerprint density at radius 2 is 2.23 bits per heavy atom. The van der Waals surface area contributed by atoms with Crippen LogP contribution in [0.5, 0.6) is 0 Å². The maximum atomic E-state index is 12.1. The van der Waals surface area contributed by atoms with Gasteiger partial charge >= 0.3 is 0 Å². The molecule has 0 saturated carbocycles. The highest BCUT2D eigenvalue weighted by Gasteiger charge is 2.17. The lowest BCUT2D eigenvalue weighted by molar-refractivity contribution is 0.0940. The first kappa shape index (κ1) is 19.0. The highest BCUT2D eigenvalue weighted by Crippen LogP contribution is 2.16. The SMILES string of the molecule is CCCCC(CC)CNC(=O)c1coc(C(N)CCSC)n1. The number of thioether (sulfide) groups is 1. The Morgan fingerprint density at radius 1 is 1.45 bits per heavy atom. The number of carbonyl (C=O) groups excluding carboxylic acids is 1. The average molecular weight is 327 g/mol. The van der Waals surface area contributed by atoms with Crippen molar-refractivity contribution in [1.29, 1.82) is 0 Å². The number of hydrogen-bond donors (Lipinski definition) is 2. The van der Waals surface area contributed by atoms with Crippen molar-refractivity contribution in [2.45, 2.75) is 52.0 Å². The summed E-state index contributed by atoms with van der Waals surface area (Å²) >= 11 is 1.73. The van der Waals surface area contributed by atoms with E-state index in [0.717, 1.165) is 25.0 Å². The molecule has 0 saturated heterocycles. The Kier molecular flexibility index (Phi) is 9.24. The Morgan fingerprint density at radius 3 is 2.86 bits per heavy atom. The summed E-state index contributed by atoms with van der Waals surface area (Å²) in [5.41, 5.74) is 6.31. The number of unbranched alkanes of at least 4 members (excludes halogenated alkanes) is 1. The van der Waals surface area contributed by atoms with E-state index >= 15 is 0 Å². The van der Waals surface area contributed by atoms with Gasteiger partial charge in [0.1, 0.15) is 6.26 Å². The van der Waals surface area contributed by atoms with E-state index in [2.05, 4.69) is 24.1 Å². The van der Waals surface area contributed by atoms with Crippen molar-refractivity contribution in [3.63, 3.8) is 0 Å². The molecule has 1 amide bonds. The average Bonchev–Trinajstić information content (AvgIpc) is 3.02. The van der Waals surface area contributed by atoms with Gasteiger partial charge in [-0.05, 0) is 30.8 Å². The van der Waals surface area contributed by atoms with Crippen molar-refractivity contribution in [1.82, 2.24) is 10.3 Å². The molecular weight excluding hydrogens is 298 g/mol. The lowest BCUT2D eigenvalue weighted by Crippen LogP contribution is -2.29. The molecule has 0 aliphatic rings. The van der Waals surface area contributed by atoms with Crippen molar-refractivity contribution >= 4 is 17.7 Å². The molecule has 0 aromatic carbocycles. The lowest BCUT2D eigenvalue weighted by atomic mass is 9.99. The molecule has 2 atom stereocenters. The molecule has 0 fully saturated rings. The number of rotatable bonds is 11. The van der Waals surface area contributed by atoms with Crippen LogP contribution in [0.2, 0.25) is 0 Å². The largest absolute Gasteiger partial charge is 0.446 e. The molecule has 1 heterocycles. The van der Waals surface area contributed by atoms with E-state index in [1.807, 2.05) is 6.26 Å². The zero-order chi connectivity index (χ0) is 16.4. The van der Waals surface area contributed by atoms with E-state index in [-0.39, 0.29) is 11.9 Å². The van der Waals surface area contributed by atoms with E-state index in [1.54, 1.807) is 11.8 Å². The van der Waals surface area contributed by atoms with E-state index in [9.17, 15) is 4.79 Å². The smallest absolute Gasteiger partial charge is 0.273 e. The molecule has 0 radical (unpaired) electrons. The molecule has 0 aliphatic heterocycles. The van der Waals surface area contributed by atoms with Gasteiger partial charge < -0.3 is 15.5 Å². The Balaban J connectivity index is 2.47. The minimum Gasteiger partial charge on any atom is -0.446 e. The van der Waals surface area contributed by atoms with Gasteiger partial charge in [0, 0.05) is 6.54 Å². The van der Waals surface area contributed by atoms with Crippen LogP contribution in [-0.2, 0) is 0 Å². The fraction of sp³-hybridized carbons (Fsp3) is 0.750. The van der Waals surface area contributed by atoms with Crippen LogP contribution in [0.25, 0.3) is 0 Å². The first-order valence-electron chi connectivity index (χ1n) is 8.10. The van der Waals surface area contributed by atoms with Gasteiger partial charge in [0.05, 0.1) is 6.04 Å². The van der Waals surface area contributed by atoms with Crippen LogP contribution in [0.15, 0.2) is 10.7 Å². The number of aromatic nitrogens is 1. The molecule has 1 aromatic heterocycles. The van der Waals surface area contributed by atoms with Crippen LogP contribution in [0, 0.1) is 5.92 Å². The summed E-state index contributed by atoms with van der Waals surface area (Å²) in [7, 11) is 0. The van der Waals surface area contributed by atoms with Crippen molar-refractivity contribution in [3.05, 3.63) is 17.8 Å². The third kappa shape index (κ3) is 6.40. The number of hydrogen-bond acceptors (Lipinski definition) is 5. The van der Waals surface area contributed by atoms with E-state index in [0.29, 0.717) is 24.0 Å². The fourth-order valence-corrected chi connectivity index (χ4v) is 2.69. The number of oxazole rings is 1. The summed E-state index contributed by atoms with van der Waals surface area (Å²) in [5.74, 6) is 1.74. The molecule has 6 heteroatoms. The molecule has 3 N–H and O–H groups in total. The predicted octanol–water partition coefficient (Wildman–Crippen LogP) is 3.37. The summed E-state index contributed by atoms with van der Waals surface area (Å²) < 4.78 is 5.34. The van der Waals surface area contributed by atoms with Gasteiger partial charge in [0.15, 0.2) is 5.69 Å².